The first kappa shape index (κ1) is 16.3. The lowest BCUT2D eigenvalue weighted by molar-refractivity contribution is -0.122. The SMILES string of the molecule is O=C1NC(=S)N(c2ccccc2Cl)C(=O)/C1=C/c1cc(Br)cs1. The van der Waals surface area contributed by atoms with Gasteiger partial charge in [-0.05, 0) is 52.4 Å². The molecule has 0 atom stereocenters. The van der Waals surface area contributed by atoms with Crippen LogP contribution in [0.25, 0.3) is 6.08 Å². The van der Waals surface area contributed by atoms with Crippen LogP contribution in [0.2, 0.25) is 5.02 Å². The predicted octanol–water partition coefficient (Wildman–Crippen LogP) is 4.00. The third-order valence-corrected chi connectivity index (χ3v) is 5.31. The number of halogens is 2. The molecule has 1 N–H and O–H groups in total. The summed E-state index contributed by atoms with van der Waals surface area (Å²) in [6.07, 6.45) is 1.54. The van der Waals surface area contributed by atoms with E-state index < -0.39 is 11.8 Å². The number of rotatable bonds is 2. The summed E-state index contributed by atoms with van der Waals surface area (Å²) in [5, 5.41) is 4.78. The number of para-hydroxylation sites is 1. The lowest BCUT2D eigenvalue weighted by atomic mass is 10.1. The van der Waals surface area contributed by atoms with E-state index in [0.717, 1.165) is 9.35 Å². The molecule has 2 amide bonds. The highest BCUT2D eigenvalue weighted by Gasteiger charge is 2.35. The van der Waals surface area contributed by atoms with Crippen LogP contribution in [0, 0.1) is 0 Å². The molecule has 1 aliphatic heterocycles. The van der Waals surface area contributed by atoms with Crippen molar-refractivity contribution in [1.82, 2.24) is 5.32 Å². The summed E-state index contributed by atoms with van der Waals surface area (Å²) in [6.45, 7) is 0. The summed E-state index contributed by atoms with van der Waals surface area (Å²) < 4.78 is 0.886. The van der Waals surface area contributed by atoms with Gasteiger partial charge >= 0.3 is 0 Å². The van der Waals surface area contributed by atoms with E-state index in [-0.39, 0.29) is 10.7 Å². The van der Waals surface area contributed by atoms with Gasteiger partial charge in [-0.1, -0.05) is 23.7 Å². The maximum Gasteiger partial charge on any atom is 0.270 e. The normalized spacial score (nSPS) is 16.9. The smallest absolute Gasteiger partial charge is 0.270 e. The highest BCUT2D eigenvalue weighted by Crippen LogP contribution is 2.29. The van der Waals surface area contributed by atoms with Crippen molar-refractivity contribution in [3.8, 4) is 0 Å². The molecular formula is C15H8BrClN2O2S2. The van der Waals surface area contributed by atoms with Crippen LogP contribution >= 0.6 is 51.1 Å². The zero-order valence-corrected chi connectivity index (χ0v) is 15.4. The van der Waals surface area contributed by atoms with Crippen molar-refractivity contribution < 1.29 is 9.59 Å². The van der Waals surface area contributed by atoms with Crippen molar-refractivity contribution in [2.45, 2.75) is 0 Å². The predicted molar refractivity (Wildman–Crippen MR) is 99.7 cm³/mol. The zero-order valence-electron chi connectivity index (χ0n) is 11.4. The van der Waals surface area contributed by atoms with Gasteiger partial charge in [0, 0.05) is 14.7 Å². The van der Waals surface area contributed by atoms with Crippen molar-refractivity contribution >= 4 is 79.8 Å². The molecule has 1 fully saturated rings. The van der Waals surface area contributed by atoms with Crippen LogP contribution in [0.4, 0.5) is 5.69 Å². The minimum atomic E-state index is -0.521. The third kappa shape index (κ3) is 3.23. The molecule has 0 aliphatic carbocycles. The molecule has 1 aliphatic rings. The maximum atomic E-state index is 12.8. The van der Waals surface area contributed by atoms with Gasteiger partial charge < -0.3 is 0 Å². The van der Waals surface area contributed by atoms with E-state index >= 15 is 0 Å². The van der Waals surface area contributed by atoms with E-state index in [4.69, 9.17) is 23.8 Å². The average molecular weight is 428 g/mol. The van der Waals surface area contributed by atoms with Gasteiger partial charge in [-0.3, -0.25) is 19.8 Å². The Morgan fingerprint density at radius 1 is 1.30 bits per heavy atom. The molecule has 0 spiro atoms. The van der Waals surface area contributed by atoms with E-state index in [9.17, 15) is 9.59 Å². The standard InChI is InChI=1S/C15H8BrClN2O2S2/c16-8-5-9(23-7-8)6-10-13(20)18-15(22)19(14(10)21)12-4-2-1-3-11(12)17/h1-7H,(H,18,20,22)/b10-6+. The Labute approximate surface area is 154 Å². The fourth-order valence-corrected chi connectivity index (χ4v) is 3.93. The van der Waals surface area contributed by atoms with Crippen LogP contribution in [0.1, 0.15) is 4.88 Å². The minimum Gasteiger partial charge on any atom is -0.298 e. The molecule has 8 heteroatoms. The molecule has 116 valence electrons. The molecule has 0 unspecified atom stereocenters. The zero-order chi connectivity index (χ0) is 16.6. The van der Waals surface area contributed by atoms with Crippen molar-refractivity contribution in [1.29, 1.82) is 0 Å². The van der Waals surface area contributed by atoms with Crippen LogP contribution in [0.5, 0.6) is 0 Å². The van der Waals surface area contributed by atoms with Crippen LogP contribution in [-0.2, 0) is 9.59 Å². The van der Waals surface area contributed by atoms with Gasteiger partial charge in [-0.25, -0.2) is 0 Å². The Morgan fingerprint density at radius 2 is 2.04 bits per heavy atom. The van der Waals surface area contributed by atoms with Gasteiger partial charge in [-0.15, -0.1) is 11.3 Å². The molecule has 2 aromatic rings. The molecule has 0 bridgehead atoms. The summed E-state index contributed by atoms with van der Waals surface area (Å²) in [5.41, 5.74) is 0.440. The summed E-state index contributed by atoms with van der Waals surface area (Å²) in [5.74, 6) is -1.02. The number of hydrogen-bond donors (Lipinski definition) is 1. The molecule has 0 radical (unpaired) electrons. The molecule has 0 saturated carbocycles. The molecule has 3 rings (SSSR count). The quantitative estimate of drug-likeness (QED) is 0.448. The Hall–Kier alpha value is -1.54. The second-order valence-corrected chi connectivity index (χ2v) is 7.23. The van der Waals surface area contributed by atoms with Crippen LogP contribution in [0.3, 0.4) is 0 Å². The highest BCUT2D eigenvalue weighted by molar-refractivity contribution is 9.10. The van der Waals surface area contributed by atoms with E-state index in [0.29, 0.717) is 10.7 Å². The molecule has 1 saturated heterocycles. The van der Waals surface area contributed by atoms with Crippen LogP contribution in [-0.4, -0.2) is 16.9 Å². The number of nitrogens with one attached hydrogen (secondary N) is 1. The second-order valence-electron chi connectivity index (χ2n) is 4.58. The summed E-state index contributed by atoms with van der Waals surface area (Å²) in [4.78, 5) is 26.9. The van der Waals surface area contributed by atoms with E-state index in [1.165, 1.54) is 16.2 Å². The first-order valence-electron chi connectivity index (χ1n) is 6.37. The van der Waals surface area contributed by atoms with E-state index in [1.54, 1.807) is 30.3 Å². The number of thiocarbonyl (C=S) groups is 1. The first-order chi connectivity index (χ1) is 11.0. The van der Waals surface area contributed by atoms with Crippen molar-refractivity contribution in [2.24, 2.45) is 0 Å². The van der Waals surface area contributed by atoms with E-state index in [1.807, 2.05) is 11.4 Å². The van der Waals surface area contributed by atoms with Gasteiger partial charge in [0.25, 0.3) is 11.8 Å². The van der Waals surface area contributed by atoms with Crippen LogP contribution < -0.4 is 10.2 Å². The number of nitrogens with zero attached hydrogens (tertiary/aromatic N) is 1. The molecule has 1 aromatic heterocycles. The van der Waals surface area contributed by atoms with Crippen molar-refractivity contribution in [2.75, 3.05) is 4.90 Å². The number of amides is 2. The van der Waals surface area contributed by atoms with Gasteiger partial charge in [0.15, 0.2) is 5.11 Å². The summed E-state index contributed by atoms with van der Waals surface area (Å²) >= 11 is 16.0. The monoisotopic (exact) mass is 426 g/mol. The molecule has 23 heavy (non-hydrogen) atoms. The lowest BCUT2D eigenvalue weighted by Crippen LogP contribution is -2.54. The van der Waals surface area contributed by atoms with Crippen LogP contribution in [0.15, 0.2) is 45.8 Å². The number of hydrogen-bond acceptors (Lipinski definition) is 4. The molecule has 4 nitrogen and oxygen atoms in total. The van der Waals surface area contributed by atoms with Crippen molar-refractivity contribution in [3.05, 3.63) is 55.7 Å². The Kier molecular flexibility index (Phi) is 4.63. The number of carbonyl (C=O) groups is 2. The summed E-state index contributed by atoms with van der Waals surface area (Å²) in [7, 11) is 0. The fraction of sp³-hybridized carbons (Fsp3) is 0. The van der Waals surface area contributed by atoms with Gasteiger partial charge in [0.05, 0.1) is 10.7 Å². The number of anilines is 1. The second kappa shape index (κ2) is 6.52. The lowest BCUT2D eigenvalue weighted by Gasteiger charge is -2.29. The average Bonchev–Trinajstić information content (AvgIpc) is 2.91. The Morgan fingerprint density at radius 3 is 2.70 bits per heavy atom. The number of benzene rings is 1. The van der Waals surface area contributed by atoms with E-state index in [2.05, 4.69) is 21.2 Å². The van der Waals surface area contributed by atoms with Gasteiger partial charge in [0.2, 0.25) is 0 Å². The number of thiophene rings is 1. The largest absolute Gasteiger partial charge is 0.298 e. The molecule has 1 aromatic carbocycles. The first-order valence-corrected chi connectivity index (χ1v) is 8.83. The summed E-state index contributed by atoms with van der Waals surface area (Å²) in [6, 6.07) is 8.65. The maximum absolute atomic E-state index is 12.8. The Bertz CT molecular complexity index is 863. The van der Waals surface area contributed by atoms with Crippen molar-refractivity contribution in [3.63, 3.8) is 0 Å². The molecule has 2 heterocycles. The number of carbonyl (C=O) groups excluding carboxylic acids is 2. The highest BCUT2D eigenvalue weighted by atomic mass is 79.9. The fourth-order valence-electron chi connectivity index (χ4n) is 2.06. The third-order valence-electron chi connectivity index (χ3n) is 3.07. The van der Waals surface area contributed by atoms with Gasteiger partial charge in [-0.2, -0.15) is 0 Å². The topological polar surface area (TPSA) is 49.4 Å². The minimum absolute atomic E-state index is 0.00729. The van der Waals surface area contributed by atoms with Gasteiger partial charge in [0.1, 0.15) is 5.57 Å². The molecular weight excluding hydrogens is 420 g/mol. The Balaban J connectivity index is 2.04.